The molecule has 6 nitrogen and oxygen atoms in total. The Morgan fingerprint density at radius 2 is 2.18 bits per heavy atom. The van der Waals surface area contributed by atoms with Crippen LogP contribution in [0.3, 0.4) is 0 Å². The van der Waals surface area contributed by atoms with Gasteiger partial charge in [-0.25, -0.2) is 14.8 Å². The molecule has 22 heavy (non-hydrogen) atoms. The minimum absolute atomic E-state index is 0.277. The predicted octanol–water partition coefficient (Wildman–Crippen LogP) is 3.18. The van der Waals surface area contributed by atoms with E-state index in [0.29, 0.717) is 23.7 Å². The topological polar surface area (TPSA) is 76.1 Å². The third kappa shape index (κ3) is 4.17. The number of carbonyl (C=O) groups is 1. The van der Waals surface area contributed by atoms with Crippen molar-refractivity contribution < 1.29 is 9.53 Å². The number of urea groups is 1. The van der Waals surface area contributed by atoms with E-state index in [4.69, 9.17) is 4.74 Å². The zero-order chi connectivity index (χ0) is 15.2. The summed E-state index contributed by atoms with van der Waals surface area (Å²) < 4.78 is 5.81. The van der Waals surface area contributed by atoms with Gasteiger partial charge in [0.15, 0.2) is 5.13 Å². The lowest BCUT2D eigenvalue weighted by Gasteiger charge is -2.12. The van der Waals surface area contributed by atoms with Gasteiger partial charge in [0.05, 0.1) is 0 Å². The number of anilines is 1. The van der Waals surface area contributed by atoms with Gasteiger partial charge >= 0.3 is 6.03 Å². The van der Waals surface area contributed by atoms with Crippen molar-refractivity contribution in [3.8, 4) is 5.88 Å². The lowest BCUT2D eigenvalue weighted by molar-refractivity contribution is 0.201. The van der Waals surface area contributed by atoms with Crippen molar-refractivity contribution in [3.63, 3.8) is 0 Å². The fourth-order valence-electron chi connectivity index (χ4n) is 2.37. The van der Waals surface area contributed by atoms with Crippen molar-refractivity contribution >= 4 is 22.5 Å². The van der Waals surface area contributed by atoms with Crippen molar-refractivity contribution in [2.45, 2.75) is 38.3 Å². The van der Waals surface area contributed by atoms with Crippen LogP contribution in [-0.4, -0.2) is 22.1 Å². The van der Waals surface area contributed by atoms with Gasteiger partial charge in [-0.2, -0.15) is 0 Å². The summed E-state index contributed by atoms with van der Waals surface area (Å²) in [5, 5.41) is 7.82. The fourth-order valence-corrected chi connectivity index (χ4v) is 2.89. The van der Waals surface area contributed by atoms with Gasteiger partial charge in [0.1, 0.15) is 6.10 Å². The van der Waals surface area contributed by atoms with E-state index < -0.39 is 0 Å². The highest BCUT2D eigenvalue weighted by molar-refractivity contribution is 7.13. The second kappa shape index (κ2) is 7.22. The lowest BCUT2D eigenvalue weighted by atomic mass is 10.3. The van der Waals surface area contributed by atoms with Crippen LogP contribution in [0, 0.1) is 0 Å². The van der Waals surface area contributed by atoms with Gasteiger partial charge in [-0.05, 0) is 31.2 Å². The molecule has 0 unspecified atom stereocenters. The average Bonchev–Trinajstić information content (AvgIpc) is 3.20. The molecule has 1 aliphatic carbocycles. The zero-order valence-electron chi connectivity index (χ0n) is 12.1. The molecule has 0 aliphatic heterocycles. The minimum atomic E-state index is -0.277. The van der Waals surface area contributed by atoms with Crippen LogP contribution in [0.5, 0.6) is 5.88 Å². The monoisotopic (exact) mass is 318 g/mol. The highest BCUT2D eigenvalue weighted by atomic mass is 32.1. The van der Waals surface area contributed by atoms with Crippen LogP contribution < -0.4 is 15.4 Å². The SMILES string of the molecule is O=C(NCc1ccc(OC2CCCC2)nc1)Nc1nccs1. The molecule has 1 aliphatic rings. The molecule has 2 N–H and O–H groups in total. The zero-order valence-corrected chi connectivity index (χ0v) is 12.9. The Labute approximate surface area is 132 Å². The van der Waals surface area contributed by atoms with Gasteiger partial charge in [-0.3, -0.25) is 5.32 Å². The number of ether oxygens (including phenoxy) is 1. The number of nitrogens with zero attached hydrogens (tertiary/aromatic N) is 2. The van der Waals surface area contributed by atoms with Crippen LogP contribution in [-0.2, 0) is 6.54 Å². The number of hydrogen-bond acceptors (Lipinski definition) is 5. The van der Waals surface area contributed by atoms with Crippen molar-refractivity contribution in [2.75, 3.05) is 5.32 Å². The van der Waals surface area contributed by atoms with Gasteiger partial charge in [0.2, 0.25) is 5.88 Å². The molecule has 0 aromatic carbocycles. The maximum atomic E-state index is 11.7. The number of nitrogens with one attached hydrogen (secondary N) is 2. The molecular weight excluding hydrogens is 300 g/mol. The van der Waals surface area contributed by atoms with Gasteiger partial charge in [0, 0.05) is 30.4 Å². The molecule has 0 bridgehead atoms. The number of amides is 2. The summed E-state index contributed by atoms with van der Waals surface area (Å²) in [6, 6.07) is 3.50. The number of rotatable bonds is 5. The first kappa shape index (κ1) is 14.8. The molecule has 7 heteroatoms. The van der Waals surface area contributed by atoms with E-state index in [9.17, 15) is 4.79 Å². The van der Waals surface area contributed by atoms with E-state index in [1.54, 1.807) is 12.4 Å². The van der Waals surface area contributed by atoms with Crippen LogP contribution in [0.25, 0.3) is 0 Å². The summed E-state index contributed by atoms with van der Waals surface area (Å²) in [6.07, 6.45) is 8.38. The van der Waals surface area contributed by atoms with E-state index in [2.05, 4.69) is 20.6 Å². The van der Waals surface area contributed by atoms with Gasteiger partial charge in [-0.15, -0.1) is 11.3 Å². The van der Waals surface area contributed by atoms with Gasteiger partial charge in [-0.1, -0.05) is 6.07 Å². The summed E-state index contributed by atoms with van der Waals surface area (Å²) in [7, 11) is 0. The van der Waals surface area contributed by atoms with Crippen molar-refractivity contribution in [1.82, 2.24) is 15.3 Å². The number of carbonyl (C=O) groups excluding carboxylic acids is 1. The Balaban J connectivity index is 1.45. The summed E-state index contributed by atoms with van der Waals surface area (Å²) in [5.41, 5.74) is 0.924. The summed E-state index contributed by atoms with van der Waals surface area (Å²) in [6.45, 7) is 0.411. The molecule has 2 aromatic rings. The third-order valence-corrected chi connectivity index (χ3v) is 4.18. The van der Waals surface area contributed by atoms with Crippen LogP contribution in [0.1, 0.15) is 31.2 Å². The molecule has 116 valence electrons. The highest BCUT2D eigenvalue weighted by Gasteiger charge is 2.16. The van der Waals surface area contributed by atoms with E-state index in [0.717, 1.165) is 18.4 Å². The molecule has 2 aromatic heterocycles. The molecular formula is C15H18N4O2S. The van der Waals surface area contributed by atoms with Crippen molar-refractivity contribution in [3.05, 3.63) is 35.5 Å². The Hall–Kier alpha value is -2.15. The average molecular weight is 318 g/mol. The molecule has 1 fully saturated rings. The first-order valence-corrected chi connectivity index (χ1v) is 8.23. The summed E-state index contributed by atoms with van der Waals surface area (Å²) in [5.74, 6) is 0.655. The Kier molecular flexibility index (Phi) is 4.85. The highest BCUT2D eigenvalue weighted by Crippen LogP contribution is 2.22. The standard InChI is InChI=1S/C15H18N4O2S/c20-14(19-15-16-7-8-22-15)18-10-11-5-6-13(17-9-11)21-12-3-1-2-4-12/h5-9,12H,1-4,10H2,(H2,16,18,19,20). The van der Waals surface area contributed by atoms with E-state index >= 15 is 0 Å². The maximum absolute atomic E-state index is 11.7. The first-order chi connectivity index (χ1) is 10.8. The van der Waals surface area contributed by atoms with E-state index in [1.807, 2.05) is 17.5 Å². The summed E-state index contributed by atoms with van der Waals surface area (Å²) >= 11 is 1.38. The molecule has 0 saturated heterocycles. The molecule has 3 rings (SSSR count). The van der Waals surface area contributed by atoms with E-state index in [1.165, 1.54) is 24.2 Å². The number of pyridine rings is 1. The van der Waals surface area contributed by atoms with Gasteiger partial charge < -0.3 is 10.1 Å². The Bertz CT molecular complexity index is 595. The molecule has 0 spiro atoms. The van der Waals surface area contributed by atoms with Crippen molar-refractivity contribution in [1.29, 1.82) is 0 Å². The van der Waals surface area contributed by atoms with Crippen LogP contribution in [0.2, 0.25) is 0 Å². The third-order valence-electron chi connectivity index (χ3n) is 3.49. The van der Waals surface area contributed by atoms with Gasteiger partial charge in [0.25, 0.3) is 0 Å². The number of thiazole rings is 1. The summed E-state index contributed by atoms with van der Waals surface area (Å²) in [4.78, 5) is 20.0. The molecule has 0 atom stereocenters. The second-order valence-corrected chi connectivity index (χ2v) is 6.07. The maximum Gasteiger partial charge on any atom is 0.321 e. The molecule has 0 radical (unpaired) electrons. The minimum Gasteiger partial charge on any atom is -0.474 e. The second-order valence-electron chi connectivity index (χ2n) is 5.17. The number of aromatic nitrogens is 2. The Morgan fingerprint density at radius 1 is 1.32 bits per heavy atom. The van der Waals surface area contributed by atoms with Crippen LogP contribution in [0.15, 0.2) is 29.9 Å². The number of hydrogen-bond donors (Lipinski definition) is 2. The fraction of sp³-hybridized carbons (Fsp3) is 0.400. The normalized spacial score (nSPS) is 14.7. The van der Waals surface area contributed by atoms with Crippen molar-refractivity contribution in [2.24, 2.45) is 0 Å². The lowest BCUT2D eigenvalue weighted by Crippen LogP contribution is -2.28. The predicted molar refractivity (Wildman–Crippen MR) is 85.1 cm³/mol. The van der Waals surface area contributed by atoms with Crippen LogP contribution >= 0.6 is 11.3 Å². The van der Waals surface area contributed by atoms with Crippen LogP contribution in [0.4, 0.5) is 9.93 Å². The first-order valence-electron chi connectivity index (χ1n) is 7.35. The molecule has 2 amide bonds. The molecule has 1 saturated carbocycles. The van der Waals surface area contributed by atoms with E-state index in [-0.39, 0.29) is 6.03 Å². The smallest absolute Gasteiger partial charge is 0.321 e. The molecule has 2 heterocycles. The largest absolute Gasteiger partial charge is 0.474 e. The Morgan fingerprint density at radius 3 is 2.86 bits per heavy atom. The quantitative estimate of drug-likeness (QED) is 0.887.